The van der Waals surface area contributed by atoms with Crippen molar-refractivity contribution in [3.05, 3.63) is 71.4 Å². The van der Waals surface area contributed by atoms with Crippen LogP contribution in [0.25, 0.3) is 0 Å². The third-order valence-electron chi connectivity index (χ3n) is 4.55. The summed E-state index contributed by atoms with van der Waals surface area (Å²) >= 11 is 0. The minimum Gasteiger partial charge on any atom is -0.478 e. The van der Waals surface area contributed by atoms with Crippen LogP contribution in [0, 0.1) is 0 Å². The molecule has 0 aliphatic carbocycles. The number of pyridine rings is 1. The number of piperazine rings is 1. The first-order chi connectivity index (χ1) is 13.1. The fourth-order valence-corrected chi connectivity index (χ4v) is 3.43. The number of anilines is 1. The predicted molar refractivity (Wildman–Crippen MR) is 101 cm³/mol. The number of nitrogens with one attached hydrogen (secondary N) is 1. The third-order valence-corrected chi connectivity index (χ3v) is 4.55. The summed E-state index contributed by atoms with van der Waals surface area (Å²) in [4.78, 5) is 26.2. The second-order valence-electron chi connectivity index (χ2n) is 6.28. The summed E-state index contributed by atoms with van der Waals surface area (Å²) in [6.07, 6.45) is 4.02. The molecule has 7 heteroatoms. The summed E-state index contributed by atoms with van der Waals surface area (Å²) in [7, 11) is 0. The molecule has 3 heterocycles. The summed E-state index contributed by atoms with van der Waals surface area (Å²) in [5, 5.41) is 19.1. The van der Waals surface area contributed by atoms with E-state index in [0.717, 1.165) is 26.1 Å². The summed E-state index contributed by atoms with van der Waals surface area (Å²) in [5.41, 5.74) is 4.24. The van der Waals surface area contributed by atoms with Gasteiger partial charge in [0.2, 0.25) is 0 Å². The maximum atomic E-state index is 9.55. The lowest BCUT2D eigenvalue weighted by molar-refractivity contribution is -0.134. The normalized spacial score (nSPS) is 17.6. The highest BCUT2D eigenvalue weighted by molar-refractivity contribution is 5.89. The third kappa shape index (κ3) is 4.51. The molecular formula is C20H21N3O4. The van der Waals surface area contributed by atoms with E-state index in [9.17, 15) is 9.59 Å². The zero-order chi connectivity index (χ0) is 19.2. The Hall–Kier alpha value is -3.19. The molecule has 1 aromatic carbocycles. The van der Waals surface area contributed by atoms with Crippen molar-refractivity contribution >= 4 is 17.8 Å². The van der Waals surface area contributed by atoms with Crippen LogP contribution in [0.1, 0.15) is 22.7 Å². The number of hydrogen-bond acceptors (Lipinski definition) is 5. The number of carboxylic acids is 2. The maximum Gasteiger partial charge on any atom is 0.328 e. The van der Waals surface area contributed by atoms with E-state index in [1.165, 1.54) is 22.5 Å². The van der Waals surface area contributed by atoms with Gasteiger partial charge in [-0.1, -0.05) is 30.3 Å². The Balaban J connectivity index is 0.000000226. The first-order valence-electron chi connectivity index (χ1n) is 8.69. The number of carboxylic acid groups (broad SMARTS) is 2. The van der Waals surface area contributed by atoms with Crippen molar-refractivity contribution in [2.24, 2.45) is 0 Å². The quantitative estimate of drug-likeness (QED) is 0.696. The van der Waals surface area contributed by atoms with Gasteiger partial charge in [-0.3, -0.25) is 0 Å². The van der Waals surface area contributed by atoms with Gasteiger partial charge in [-0.2, -0.15) is 0 Å². The molecule has 0 saturated carbocycles. The van der Waals surface area contributed by atoms with Crippen molar-refractivity contribution in [3.8, 4) is 0 Å². The molecule has 1 saturated heterocycles. The maximum absolute atomic E-state index is 9.55. The Kier molecular flexibility index (Phi) is 5.83. The van der Waals surface area contributed by atoms with Crippen LogP contribution in [0.4, 0.5) is 5.82 Å². The highest BCUT2D eigenvalue weighted by Gasteiger charge is 2.30. The lowest BCUT2D eigenvalue weighted by Gasteiger charge is -2.37. The van der Waals surface area contributed by atoms with Crippen molar-refractivity contribution in [2.75, 3.05) is 24.5 Å². The zero-order valence-electron chi connectivity index (χ0n) is 14.7. The van der Waals surface area contributed by atoms with E-state index < -0.39 is 11.9 Å². The molecule has 1 atom stereocenters. The molecule has 2 aliphatic rings. The fourth-order valence-electron chi connectivity index (χ4n) is 3.43. The molecule has 0 amide bonds. The minimum atomic E-state index is -1.26. The molecule has 4 rings (SSSR count). The standard InChI is InChI=1S/C16H17N3.C4H4O4/c1-2-6-14-12(4-1)10-13-5-3-7-18-16(13)19-9-8-17-11-15(14)19;5-3(6)1-2-4(7)8/h1-7,15,17H,8-11H2;1-2H,(H,5,6)(H,7,8)/b;2-1-. The summed E-state index contributed by atoms with van der Waals surface area (Å²) in [5.74, 6) is -1.34. The first kappa shape index (κ1) is 18.6. The minimum absolute atomic E-state index is 0.418. The number of rotatable bonds is 2. The SMILES string of the molecule is O=C(O)/C=C\C(=O)O.c1ccc2c(c1)Cc1cccnc1N1CCNCC21. The van der Waals surface area contributed by atoms with Gasteiger partial charge < -0.3 is 20.4 Å². The molecule has 1 aromatic heterocycles. The molecule has 3 N–H and O–H groups in total. The molecule has 0 spiro atoms. The molecule has 2 aromatic rings. The van der Waals surface area contributed by atoms with Crippen LogP contribution in [0.15, 0.2) is 54.7 Å². The average Bonchev–Trinajstić information content (AvgIpc) is 2.82. The number of carbonyl (C=O) groups is 2. The van der Waals surface area contributed by atoms with Crippen LogP contribution in [0.5, 0.6) is 0 Å². The highest BCUT2D eigenvalue weighted by Crippen LogP contribution is 2.36. The van der Waals surface area contributed by atoms with Crippen molar-refractivity contribution < 1.29 is 19.8 Å². The molecule has 0 bridgehead atoms. The predicted octanol–water partition coefficient (Wildman–Crippen LogP) is 1.85. The lowest BCUT2D eigenvalue weighted by atomic mass is 9.96. The van der Waals surface area contributed by atoms with E-state index in [1.807, 2.05) is 12.3 Å². The van der Waals surface area contributed by atoms with Crippen LogP contribution in [0.2, 0.25) is 0 Å². The van der Waals surface area contributed by atoms with Crippen LogP contribution < -0.4 is 10.2 Å². The number of aliphatic carboxylic acids is 2. The van der Waals surface area contributed by atoms with Crippen LogP contribution >= 0.6 is 0 Å². The highest BCUT2D eigenvalue weighted by atomic mass is 16.4. The number of hydrogen-bond donors (Lipinski definition) is 3. The van der Waals surface area contributed by atoms with Gasteiger partial charge in [-0.15, -0.1) is 0 Å². The molecule has 27 heavy (non-hydrogen) atoms. The van der Waals surface area contributed by atoms with Gasteiger partial charge in [-0.05, 0) is 22.8 Å². The van der Waals surface area contributed by atoms with E-state index in [2.05, 4.69) is 45.5 Å². The molecule has 1 unspecified atom stereocenters. The molecule has 2 aliphatic heterocycles. The average molecular weight is 367 g/mol. The van der Waals surface area contributed by atoms with Crippen LogP contribution in [-0.2, 0) is 16.0 Å². The van der Waals surface area contributed by atoms with E-state index >= 15 is 0 Å². The van der Waals surface area contributed by atoms with Gasteiger partial charge in [0.25, 0.3) is 0 Å². The largest absolute Gasteiger partial charge is 0.478 e. The van der Waals surface area contributed by atoms with Crippen molar-refractivity contribution in [3.63, 3.8) is 0 Å². The van der Waals surface area contributed by atoms with Gasteiger partial charge in [0, 0.05) is 44.4 Å². The second-order valence-corrected chi connectivity index (χ2v) is 6.28. The van der Waals surface area contributed by atoms with Crippen LogP contribution in [0.3, 0.4) is 0 Å². The van der Waals surface area contributed by atoms with Gasteiger partial charge in [0.1, 0.15) is 5.82 Å². The lowest BCUT2D eigenvalue weighted by Crippen LogP contribution is -2.46. The molecule has 0 radical (unpaired) electrons. The van der Waals surface area contributed by atoms with Crippen LogP contribution in [-0.4, -0.2) is 46.8 Å². The van der Waals surface area contributed by atoms with E-state index in [1.54, 1.807) is 0 Å². The van der Waals surface area contributed by atoms with Crippen molar-refractivity contribution in [1.82, 2.24) is 10.3 Å². The topological polar surface area (TPSA) is 103 Å². The van der Waals surface area contributed by atoms with Crippen molar-refractivity contribution in [2.45, 2.75) is 12.5 Å². The number of nitrogens with zero attached hydrogens (tertiary/aromatic N) is 2. The summed E-state index contributed by atoms with van der Waals surface area (Å²) in [6, 6.07) is 13.5. The van der Waals surface area contributed by atoms with Gasteiger partial charge in [0.05, 0.1) is 6.04 Å². The second kappa shape index (κ2) is 8.46. The fraction of sp³-hybridized carbons (Fsp3) is 0.250. The number of fused-ring (bicyclic) bond motifs is 5. The molecule has 140 valence electrons. The monoisotopic (exact) mass is 367 g/mol. The Bertz CT molecular complexity index is 796. The molecule has 7 nitrogen and oxygen atoms in total. The Morgan fingerprint density at radius 2 is 1.78 bits per heavy atom. The zero-order valence-corrected chi connectivity index (χ0v) is 14.7. The van der Waals surface area contributed by atoms with Gasteiger partial charge in [0.15, 0.2) is 0 Å². The van der Waals surface area contributed by atoms with Gasteiger partial charge in [-0.25, -0.2) is 14.6 Å². The Morgan fingerprint density at radius 1 is 1.07 bits per heavy atom. The van der Waals surface area contributed by atoms with E-state index in [4.69, 9.17) is 10.2 Å². The Morgan fingerprint density at radius 3 is 2.52 bits per heavy atom. The Labute approximate surface area is 157 Å². The molecule has 1 fully saturated rings. The first-order valence-corrected chi connectivity index (χ1v) is 8.69. The van der Waals surface area contributed by atoms with Gasteiger partial charge >= 0.3 is 11.9 Å². The number of benzene rings is 1. The molecular weight excluding hydrogens is 346 g/mol. The smallest absolute Gasteiger partial charge is 0.328 e. The summed E-state index contributed by atoms with van der Waals surface area (Å²) in [6.45, 7) is 3.07. The number of aromatic nitrogens is 1. The van der Waals surface area contributed by atoms with Crippen molar-refractivity contribution in [1.29, 1.82) is 0 Å². The van der Waals surface area contributed by atoms with E-state index in [0.29, 0.717) is 18.2 Å². The van der Waals surface area contributed by atoms with E-state index in [-0.39, 0.29) is 0 Å². The summed E-state index contributed by atoms with van der Waals surface area (Å²) < 4.78 is 0.